The molecule has 2 heterocycles. The number of thiophene rings is 1. The van der Waals surface area contributed by atoms with Crippen molar-refractivity contribution < 1.29 is 19.2 Å². The lowest BCUT2D eigenvalue weighted by molar-refractivity contribution is 0.0651. The number of carboxylic acids is 1. The Hall–Kier alpha value is -2.67. The van der Waals surface area contributed by atoms with Crippen LogP contribution in [0.15, 0.2) is 40.2 Å². The van der Waals surface area contributed by atoms with Crippen LogP contribution in [0.5, 0.6) is 0 Å². The van der Waals surface area contributed by atoms with Gasteiger partial charge in [0.25, 0.3) is 5.91 Å². The Morgan fingerprint density at radius 2 is 2.10 bits per heavy atom. The molecule has 6 nitrogen and oxygen atoms in total. The molecule has 3 aromatic rings. The molecule has 0 radical (unpaired) electrons. The molecule has 2 aromatic heterocycles. The number of aromatic carboxylic acids is 1. The summed E-state index contributed by atoms with van der Waals surface area (Å²) in [5.74, 6) is -2.16. The fourth-order valence-corrected chi connectivity index (χ4v) is 2.49. The standard InChI is InChI=1S/C13H8N2O4S/c16-12(9-6-10(13(17)18)19-15-9)14-8-1-2-11-7(5-8)3-4-20-11/h1-6H,(H,14,16)(H,17,18). The normalized spacial score (nSPS) is 10.6. The Kier molecular flexibility index (Phi) is 2.96. The van der Waals surface area contributed by atoms with Crippen molar-refractivity contribution in [3.63, 3.8) is 0 Å². The van der Waals surface area contributed by atoms with Crippen LogP contribution in [-0.4, -0.2) is 22.1 Å². The van der Waals surface area contributed by atoms with E-state index in [1.165, 1.54) is 0 Å². The van der Waals surface area contributed by atoms with Gasteiger partial charge in [-0.15, -0.1) is 11.3 Å². The number of rotatable bonds is 3. The van der Waals surface area contributed by atoms with E-state index < -0.39 is 11.9 Å². The number of benzene rings is 1. The number of hydrogen-bond donors (Lipinski definition) is 2. The first-order valence-electron chi connectivity index (χ1n) is 5.62. The third-order valence-electron chi connectivity index (χ3n) is 2.66. The van der Waals surface area contributed by atoms with Crippen LogP contribution < -0.4 is 5.32 Å². The van der Waals surface area contributed by atoms with E-state index in [1.807, 2.05) is 23.6 Å². The summed E-state index contributed by atoms with van der Waals surface area (Å²) < 4.78 is 5.66. The summed E-state index contributed by atoms with van der Waals surface area (Å²) in [5, 5.41) is 17.8. The van der Waals surface area contributed by atoms with Crippen LogP contribution in [0.2, 0.25) is 0 Å². The lowest BCUT2D eigenvalue weighted by Gasteiger charge is -2.02. The van der Waals surface area contributed by atoms with E-state index in [1.54, 1.807) is 17.4 Å². The molecule has 0 unspecified atom stereocenters. The fraction of sp³-hybridized carbons (Fsp3) is 0. The van der Waals surface area contributed by atoms with E-state index in [0.717, 1.165) is 16.2 Å². The minimum Gasteiger partial charge on any atom is -0.475 e. The Labute approximate surface area is 116 Å². The maximum atomic E-state index is 11.9. The maximum absolute atomic E-state index is 11.9. The average Bonchev–Trinajstić information content (AvgIpc) is 3.07. The number of nitrogens with zero attached hydrogens (tertiary/aromatic N) is 1. The topological polar surface area (TPSA) is 92.4 Å². The van der Waals surface area contributed by atoms with Gasteiger partial charge in [0.15, 0.2) is 5.69 Å². The number of carbonyl (C=O) groups excluding carboxylic acids is 1. The second kappa shape index (κ2) is 4.78. The Morgan fingerprint density at radius 1 is 1.25 bits per heavy atom. The number of carbonyl (C=O) groups is 2. The van der Waals surface area contributed by atoms with Crippen LogP contribution in [0.3, 0.4) is 0 Å². The molecule has 7 heteroatoms. The zero-order valence-corrected chi connectivity index (χ0v) is 10.8. The Balaban J connectivity index is 1.82. The second-order valence-corrected chi connectivity index (χ2v) is 4.96. The van der Waals surface area contributed by atoms with Crippen molar-refractivity contribution in [3.8, 4) is 0 Å². The van der Waals surface area contributed by atoms with Crippen LogP contribution in [-0.2, 0) is 0 Å². The smallest absolute Gasteiger partial charge is 0.374 e. The van der Waals surface area contributed by atoms with E-state index in [0.29, 0.717) is 5.69 Å². The molecule has 100 valence electrons. The highest BCUT2D eigenvalue weighted by Crippen LogP contribution is 2.24. The van der Waals surface area contributed by atoms with Crippen molar-refractivity contribution in [2.75, 3.05) is 5.32 Å². The van der Waals surface area contributed by atoms with Gasteiger partial charge < -0.3 is 14.9 Å². The summed E-state index contributed by atoms with van der Waals surface area (Å²) in [5.41, 5.74) is 0.536. The van der Waals surface area contributed by atoms with Crippen molar-refractivity contribution in [2.24, 2.45) is 0 Å². The number of aromatic nitrogens is 1. The molecular formula is C13H8N2O4S. The van der Waals surface area contributed by atoms with Gasteiger partial charge in [0.1, 0.15) is 0 Å². The zero-order chi connectivity index (χ0) is 14.1. The van der Waals surface area contributed by atoms with Crippen LogP contribution in [0, 0.1) is 0 Å². The largest absolute Gasteiger partial charge is 0.475 e. The first-order chi connectivity index (χ1) is 9.63. The molecule has 20 heavy (non-hydrogen) atoms. The highest BCUT2D eigenvalue weighted by atomic mass is 32.1. The molecule has 1 amide bonds. The molecule has 3 rings (SSSR count). The molecule has 0 aliphatic rings. The summed E-state index contributed by atoms with van der Waals surface area (Å²) >= 11 is 1.61. The summed E-state index contributed by atoms with van der Waals surface area (Å²) in [6, 6.07) is 8.55. The molecule has 0 aliphatic heterocycles. The van der Waals surface area contributed by atoms with Crippen molar-refractivity contribution in [2.45, 2.75) is 0 Å². The monoisotopic (exact) mass is 288 g/mol. The number of anilines is 1. The number of amides is 1. The van der Waals surface area contributed by atoms with E-state index in [-0.39, 0.29) is 11.5 Å². The van der Waals surface area contributed by atoms with Crippen molar-refractivity contribution in [3.05, 3.63) is 47.2 Å². The Bertz CT molecular complexity index is 805. The fourth-order valence-electron chi connectivity index (χ4n) is 1.72. The lowest BCUT2D eigenvalue weighted by Crippen LogP contribution is -2.12. The molecule has 0 atom stereocenters. The molecule has 0 saturated heterocycles. The first kappa shape index (κ1) is 12.4. The Morgan fingerprint density at radius 3 is 2.85 bits per heavy atom. The van der Waals surface area contributed by atoms with Gasteiger partial charge in [-0.25, -0.2) is 4.79 Å². The summed E-state index contributed by atoms with van der Waals surface area (Å²) in [6.45, 7) is 0. The predicted molar refractivity (Wildman–Crippen MR) is 73.2 cm³/mol. The van der Waals surface area contributed by atoms with Gasteiger partial charge in [-0.2, -0.15) is 0 Å². The van der Waals surface area contributed by atoms with Gasteiger partial charge in [-0.1, -0.05) is 5.16 Å². The van der Waals surface area contributed by atoms with Crippen molar-refractivity contribution in [1.82, 2.24) is 5.16 Å². The van der Waals surface area contributed by atoms with Crippen LogP contribution >= 0.6 is 11.3 Å². The number of hydrogen-bond acceptors (Lipinski definition) is 5. The molecule has 0 saturated carbocycles. The van der Waals surface area contributed by atoms with E-state index in [9.17, 15) is 9.59 Å². The van der Waals surface area contributed by atoms with Crippen LogP contribution in [0.4, 0.5) is 5.69 Å². The minimum absolute atomic E-state index is 0.0761. The maximum Gasteiger partial charge on any atom is 0.374 e. The molecule has 0 bridgehead atoms. The van der Waals surface area contributed by atoms with Gasteiger partial charge in [0.05, 0.1) is 0 Å². The lowest BCUT2D eigenvalue weighted by atomic mass is 10.2. The molecule has 0 fully saturated rings. The molecule has 1 aromatic carbocycles. The first-order valence-corrected chi connectivity index (χ1v) is 6.50. The van der Waals surface area contributed by atoms with Gasteiger partial charge in [0.2, 0.25) is 5.76 Å². The van der Waals surface area contributed by atoms with Gasteiger partial charge in [0, 0.05) is 16.5 Å². The van der Waals surface area contributed by atoms with Gasteiger partial charge >= 0.3 is 5.97 Å². The average molecular weight is 288 g/mol. The summed E-state index contributed by atoms with van der Waals surface area (Å²) in [4.78, 5) is 22.5. The minimum atomic E-state index is -1.27. The third kappa shape index (κ3) is 2.26. The van der Waals surface area contributed by atoms with Crippen molar-refractivity contribution in [1.29, 1.82) is 0 Å². The number of carboxylic acid groups (broad SMARTS) is 1. The third-order valence-corrected chi connectivity index (χ3v) is 3.56. The van der Waals surface area contributed by atoms with Gasteiger partial charge in [-0.05, 0) is 35.0 Å². The quantitative estimate of drug-likeness (QED) is 0.773. The van der Waals surface area contributed by atoms with Crippen molar-refractivity contribution >= 4 is 39.0 Å². The van der Waals surface area contributed by atoms with E-state index in [2.05, 4.69) is 15.0 Å². The molecular weight excluding hydrogens is 280 g/mol. The summed E-state index contributed by atoms with van der Waals surface area (Å²) in [7, 11) is 0. The SMILES string of the molecule is O=C(Nc1ccc2sccc2c1)c1cc(C(=O)O)on1. The van der Waals surface area contributed by atoms with E-state index in [4.69, 9.17) is 5.11 Å². The van der Waals surface area contributed by atoms with Crippen LogP contribution in [0.1, 0.15) is 21.0 Å². The number of nitrogens with one attached hydrogen (secondary N) is 1. The van der Waals surface area contributed by atoms with Gasteiger partial charge in [-0.3, -0.25) is 4.79 Å². The van der Waals surface area contributed by atoms with Crippen LogP contribution in [0.25, 0.3) is 10.1 Å². The second-order valence-electron chi connectivity index (χ2n) is 4.01. The highest BCUT2D eigenvalue weighted by molar-refractivity contribution is 7.17. The molecule has 0 spiro atoms. The zero-order valence-electron chi connectivity index (χ0n) is 9.99. The highest BCUT2D eigenvalue weighted by Gasteiger charge is 2.16. The molecule has 0 aliphatic carbocycles. The van der Waals surface area contributed by atoms with E-state index >= 15 is 0 Å². The summed E-state index contributed by atoms with van der Waals surface area (Å²) in [6.07, 6.45) is 0. The predicted octanol–water partition coefficient (Wildman–Crippen LogP) is 2.84. The molecule has 2 N–H and O–H groups in total. The number of fused-ring (bicyclic) bond motifs is 1.